The number of nitrogens with one attached hydrogen (secondary N) is 1. The van der Waals surface area contributed by atoms with Crippen molar-refractivity contribution >= 4 is 0 Å². The van der Waals surface area contributed by atoms with Gasteiger partial charge in [0.25, 0.3) is 0 Å². The summed E-state index contributed by atoms with van der Waals surface area (Å²) < 4.78 is 0. The first kappa shape index (κ1) is 12.7. The predicted octanol–water partition coefficient (Wildman–Crippen LogP) is 5.46. The van der Waals surface area contributed by atoms with Crippen molar-refractivity contribution in [3.63, 3.8) is 0 Å². The number of rotatable bonds is 2. The van der Waals surface area contributed by atoms with Gasteiger partial charge in [0.05, 0.1) is 0 Å². The molecule has 0 atom stereocenters. The third-order valence-electron chi connectivity index (χ3n) is 4.99. The van der Waals surface area contributed by atoms with Gasteiger partial charge in [0.15, 0.2) is 0 Å². The predicted molar refractivity (Wildman–Crippen MR) is 95.5 cm³/mol. The first-order valence-electron chi connectivity index (χ1n) is 8.14. The molecule has 0 fully saturated rings. The summed E-state index contributed by atoms with van der Waals surface area (Å²) >= 11 is 0. The minimum atomic E-state index is 0.377. The molecule has 0 unspecified atom stereocenters. The Bertz CT molecular complexity index is 930. The number of aromatic amines is 1. The average molecular weight is 295 g/mol. The summed E-state index contributed by atoms with van der Waals surface area (Å²) in [7, 11) is 0. The van der Waals surface area contributed by atoms with E-state index in [1.165, 1.54) is 39.1 Å². The highest BCUT2D eigenvalue weighted by atomic mass is 14.7. The van der Waals surface area contributed by atoms with Crippen molar-refractivity contribution in [3.8, 4) is 22.4 Å². The van der Waals surface area contributed by atoms with E-state index in [4.69, 9.17) is 0 Å². The van der Waals surface area contributed by atoms with Gasteiger partial charge in [0, 0.05) is 23.4 Å². The smallest absolute Gasteiger partial charge is 0.0460 e. The van der Waals surface area contributed by atoms with Crippen molar-refractivity contribution in [1.29, 1.82) is 0 Å². The zero-order chi connectivity index (χ0) is 15.2. The lowest BCUT2D eigenvalue weighted by Gasteiger charge is -2.17. The maximum atomic E-state index is 3.43. The molecule has 2 aliphatic rings. The van der Waals surface area contributed by atoms with Crippen LogP contribution < -0.4 is 0 Å². The standard InChI is InChI=1S/C22H17N/c1-2-7-15(6-1)18-11-12-19-17-9-4-3-8-16(17)14-20(19)22(18)21-10-5-13-23-21/h1-13,15,23H,14H2. The molecule has 0 radical (unpaired) electrons. The Balaban J connectivity index is 1.79. The van der Waals surface area contributed by atoms with E-state index in [9.17, 15) is 0 Å². The largest absolute Gasteiger partial charge is 0.361 e. The molecule has 0 saturated carbocycles. The van der Waals surface area contributed by atoms with Gasteiger partial charge in [-0.25, -0.2) is 0 Å². The van der Waals surface area contributed by atoms with Gasteiger partial charge < -0.3 is 4.98 Å². The van der Waals surface area contributed by atoms with E-state index < -0.39 is 0 Å². The first-order chi connectivity index (χ1) is 11.4. The third kappa shape index (κ3) is 1.86. The van der Waals surface area contributed by atoms with E-state index in [1.54, 1.807) is 0 Å². The van der Waals surface area contributed by atoms with Gasteiger partial charge in [-0.15, -0.1) is 0 Å². The molecule has 0 spiro atoms. The number of fused-ring (bicyclic) bond motifs is 3. The molecule has 1 nitrogen and oxygen atoms in total. The third-order valence-corrected chi connectivity index (χ3v) is 4.99. The molecule has 1 heterocycles. The molecule has 0 amide bonds. The summed E-state index contributed by atoms with van der Waals surface area (Å²) in [6, 6.07) is 17.7. The molecule has 0 saturated heterocycles. The lowest BCUT2D eigenvalue weighted by molar-refractivity contribution is 1.09. The van der Waals surface area contributed by atoms with Gasteiger partial charge in [-0.2, -0.15) is 0 Å². The van der Waals surface area contributed by atoms with Crippen LogP contribution in [0.15, 0.2) is 79.0 Å². The van der Waals surface area contributed by atoms with Crippen molar-refractivity contribution in [1.82, 2.24) is 4.98 Å². The maximum absolute atomic E-state index is 3.43. The fourth-order valence-corrected chi connectivity index (χ4v) is 3.95. The topological polar surface area (TPSA) is 15.8 Å². The number of allylic oxidation sites excluding steroid dienone is 4. The van der Waals surface area contributed by atoms with Crippen LogP contribution in [0.2, 0.25) is 0 Å². The molecule has 2 aromatic carbocycles. The van der Waals surface area contributed by atoms with Crippen LogP contribution in [0.25, 0.3) is 22.4 Å². The molecule has 5 rings (SSSR count). The molecular weight excluding hydrogens is 278 g/mol. The summed E-state index contributed by atoms with van der Waals surface area (Å²) in [5.74, 6) is 0.377. The fraction of sp³-hybridized carbons (Fsp3) is 0.0909. The van der Waals surface area contributed by atoms with E-state index in [0.29, 0.717) is 5.92 Å². The number of benzene rings is 2. The van der Waals surface area contributed by atoms with Crippen LogP contribution in [0.3, 0.4) is 0 Å². The van der Waals surface area contributed by atoms with Crippen molar-refractivity contribution in [2.45, 2.75) is 12.3 Å². The van der Waals surface area contributed by atoms with E-state index >= 15 is 0 Å². The molecule has 1 N–H and O–H groups in total. The summed E-state index contributed by atoms with van der Waals surface area (Å²) in [5.41, 5.74) is 9.66. The first-order valence-corrected chi connectivity index (χ1v) is 8.14. The second kappa shape index (κ2) is 4.85. The lowest BCUT2D eigenvalue weighted by atomic mass is 9.88. The van der Waals surface area contributed by atoms with E-state index in [2.05, 4.69) is 77.8 Å². The van der Waals surface area contributed by atoms with Gasteiger partial charge in [0.1, 0.15) is 0 Å². The Kier molecular flexibility index (Phi) is 2.68. The van der Waals surface area contributed by atoms with Crippen LogP contribution in [0.5, 0.6) is 0 Å². The van der Waals surface area contributed by atoms with Crippen molar-refractivity contribution in [3.05, 3.63) is 95.7 Å². The summed E-state index contributed by atoms with van der Waals surface area (Å²) in [6.07, 6.45) is 11.9. The van der Waals surface area contributed by atoms with Gasteiger partial charge in [-0.1, -0.05) is 60.7 Å². The Hall–Kier alpha value is -2.80. The quantitative estimate of drug-likeness (QED) is 0.505. The zero-order valence-corrected chi connectivity index (χ0v) is 12.8. The Morgan fingerprint density at radius 1 is 0.826 bits per heavy atom. The summed E-state index contributed by atoms with van der Waals surface area (Å²) in [4.78, 5) is 3.43. The molecule has 0 bridgehead atoms. The van der Waals surface area contributed by atoms with Gasteiger partial charge in [-0.3, -0.25) is 0 Å². The number of hydrogen-bond acceptors (Lipinski definition) is 0. The highest BCUT2D eigenvalue weighted by Crippen LogP contribution is 2.45. The molecule has 110 valence electrons. The van der Waals surface area contributed by atoms with E-state index in [0.717, 1.165) is 6.42 Å². The summed E-state index contributed by atoms with van der Waals surface area (Å²) in [5, 5.41) is 0. The van der Waals surface area contributed by atoms with Crippen LogP contribution in [-0.2, 0) is 6.42 Å². The van der Waals surface area contributed by atoms with Crippen molar-refractivity contribution in [2.24, 2.45) is 0 Å². The van der Waals surface area contributed by atoms with Gasteiger partial charge >= 0.3 is 0 Å². The second-order valence-corrected chi connectivity index (χ2v) is 6.27. The fourth-order valence-electron chi connectivity index (χ4n) is 3.95. The minimum Gasteiger partial charge on any atom is -0.361 e. The number of hydrogen-bond donors (Lipinski definition) is 1. The van der Waals surface area contributed by atoms with Crippen LogP contribution >= 0.6 is 0 Å². The lowest BCUT2D eigenvalue weighted by Crippen LogP contribution is -1.98. The molecule has 23 heavy (non-hydrogen) atoms. The highest BCUT2D eigenvalue weighted by Gasteiger charge is 2.25. The number of H-pyrrole nitrogens is 1. The SMILES string of the molecule is C1=CC(c2ccc3c(c2-c2ccc[nH]2)Cc2ccccc2-3)C=C1. The molecule has 0 aliphatic heterocycles. The molecule has 2 aliphatic carbocycles. The molecule has 1 aromatic heterocycles. The Morgan fingerprint density at radius 3 is 2.52 bits per heavy atom. The van der Waals surface area contributed by atoms with Crippen LogP contribution in [0.4, 0.5) is 0 Å². The summed E-state index contributed by atoms with van der Waals surface area (Å²) in [6.45, 7) is 0. The van der Waals surface area contributed by atoms with Crippen LogP contribution in [-0.4, -0.2) is 4.98 Å². The maximum Gasteiger partial charge on any atom is 0.0460 e. The highest BCUT2D eigenvalue weighted by molar-refractivity contribution is 5.86. The minimum absolute atomic E-state index is 0.377. The van der Waals surface area contributed by atoms with Gasteiger partial charge in [0.2, 0.25) is 0 Å². The van der Waals surface area contributed by atoms with E-state index in [-0.39, 0.29) is 0 Å². The van der Waals surface area contributed by atoms with E-state index in [1.807, 2.05) is 6.20 Å². The number of aromatic nitrogens is 1. The normalized spacial score (nSPS) is 15.1. The molecule has 3 aromatic rings. The van der Waals surface area contributed by atoms with Crippen LogP contribution in [0, 0.1) is 0 Å². The molecule has 1 heteroatoms. The van der Waals surface area contributed by atoms with Crippen molar-refractivity contribution in [2.75, 3.05) is 0 Å². The zero-order valence-electron chi connectivity index (χ0n) is 12.8. The van der Waals surface area contributed by atoms with Gasteiger partial charge in [-0.05, 0) is 46.4 Å². The monoisotopic (exact) mass is 295 g/mol. The van der Waals surface area contributed by atoms with Crippen molar-refractivity contribution < 1.29 is 0 Å². The second-order valence-electron chi connectivity index (χ2n) is 6.27. The van der Waals surface area contributed by atoms with Crippen LogP contribution in [0.1, 0.15) is 22.6 Å². The Labute approximate surface area is 136 Å². The molecular formula is C22H17N. The average Bonchev–Trinajstić information content (AvgIpc) is 3.33. The Morgan fingerprint density at radius 2 is 1.70 bits per heavy atom.